The van der Waals surface area contributed by atoms with Gasteiger partial charge in [0.05, 0.1) is 11.4 Å². The van der Waals surface area contributed by atoms with Gasteiger partial charge in [0.15, 0.2) is 5.82 Å². The molecule has 4 nitrogen and oxygen atoms in total. The largest absolute Gasteiger partial charge is 0.508 e. The molecule has 2 aromatic carbocycles. The second kappa shape index (κ2) is 8.86. The molecule has 2 aromatic heterocycles. The highest BCUT2D eigenvalue weighted by molar-refractivity contribution is 5.64. The fraction of sp³-hybridized carbons (Fsp3) is 0.200. The molecule has 2 heterocycles. The van der Waals surface area contributed by atoms with E-state index in [2.05, 4.69) is 10.1 Å². The lowest BCUT2D eigenvalue weighted by atomic mass is 9.97. The van der Waals surface area contributed by atoms with Crippen LogP contribution in [0.2, 0.25) is 0 Å². The van der Waals surface area contributed by atoms with E-state index < -0.39 is 11.9 Å². The first-order chi connectivity index (χ1) is 15.3. The van der Waals surface area contributed by atoms with Crippen molar-refractivity contribution in [3.05, 3.63) is 95.3 Å². The SMILES string of the molecule is CCc1cc(C(F)(F)F)n(-c2cccc(-c3ccccc3CCc3ccc(O)cc3)n2)n1. The van der Waals surface area contributed by atoms with Gasteiger partial charge in [0.2, 0.25) is 0 Å². The molecule has 4 rings (SSSR count). The first-order valence-corrected chi connectivity index (χ1v) is 10.3. The summed E-state index contributed by atoms with van der Waals surface area (Å²) in [6, 6.07) is 20.9. The van der Waals surface area contributed by atoms with Crippen molar-refractivity contribution in [3.63, 3.8) is 0 Å². The number of aromatic nitrogens is 3. The number of hydrogen-bond acceptors (Lipinski definition) is 3. The summed E-state index contributed by atoms with van der Waals surface area (Å²) in [5.74, 6) is 0.348. The minimum absolute atomic E-state index is 0.128. The van der Waals surface area contributed by atoms with Crippen molar-refractivity contribution in [2.75, 3.05) is 0 Å². The minimum atomic E-state index is -4.53. The van der Waals surface area contributed by atoms with Gasteiger partial charge in [-0.15, -0.1) is 0 Å². The average molecular weight is 437 g/mol. The second-order valence-corrected chi connectivity index (χ2v) is 7.49. The maximum Gasteiger partial charge on any atom is 0.433 e. The summed E-state index contributed by atoms with van der Waals surface area (Å²) in [6.45, 7) is 1.76. The van der Waals surface area contributed by atoms with Crippen LogP contribution in [-0.4, -0.2) is 19.9 Å². The Morgan fingerprint density at radius 1 is 0.906 bits per heavy atom. The Labute approximate surface area is 184 Å². The van der Waals surface area contributed by atoms with Crippen LogP contribution in [0.15, 0.2) is 72.8 Å². The molecule has 0 saturated carbocycles. The molecule has 1 N–H and O–H groups in total. The zero-order valence-electron chi connectivity index (χ0n) is 17.5. The van der Waals surface area contributed by atoms with E-state index in [0.29, 0.717) is 17.8 Å². The Kier molecular flexibility index (Phi) is 5.99. The summed E-state index contributed by atoms with van der Waals surface area (Å²) in [7, 11) is 0. The van der Waals surface area contributed by atoms with Crippen molar-refractivity contribution in [1.82, 2.24) is 14.8 Å². The molecule has 0 atom stereocenters. The number of pyridine rings is 1. The van der Waals surface area contributed by atoms with E-state index in [-0.39, 0.29) is 11.6 Å². The van der Waals surface area contributed by atoms with Crippen LogP contribution < -0.4 is 0 Å². The number of rotatable bonds is 6. The lowest BCUT2D eigenvalue weighted by Crippen LogP contribution is -2.14. The summed E-state index contributed by atoms with van der Waals surface area (Å²) in [4.78, 5) is 4.53. The van der Waals surface area contributed by atoms with E-state index in [1.54, 1.807) is 31.2 Å². The third kappa shape index (κ3) is 4.66. The third-order valence-corrected chi connectivity index (χ3v) is 5.28. The zero-order chi connectivity index (χ0) is 22.7. The van der Waals surface area contributed by atoms with E-state index in [9.17, 15) is 18.3 Å². The van der Waals surface area contributed by atoms with Gasteiger partial charge < -0.3 is 5.11 Å². The van der Waals surface area contributed by atoms with Crippen LogP contribution in [0.1, 0.15) is 29.4 Å². The molecule has 0 aliphatic heterocycles. The van der Waals surface area contributed by atoms with Crippen LogP contribution in [0, 0.1) is 0 Å². The van der Waals surface area contributed by atoms with Crippen LogP contribution in [0.4, 0.5) is 13.2 Å². The quantitative estimate of drug-likeness (QED) is 0.402. The first kappa shape index (κ1) is 21.6. The third-order valence-electron chi connectivity index (χ3n) is 5.28. The van der Waals surface area contributed by atoms with Gasteiger partial charge >= 0.3 is 6.18 Å². The standard InChI is InChI=1S/C25H22F3N3O/c1-2-19-16-23(25(26,27)28)31(30-19)24-9-5-8-22(29-24)21-7-4-3-6-18(21)13-10-17-11-14-20(32)15-12-17/h3-9,11-12,14-16,32H,2,10,13H2,1H3. The number of aryl methyl sites for hydroxylation is 3. The van der Waals surface area contributed by atoms with Gasteiger partial charge in [0.1, 0.15) is 11.4 Å². The van der Waals surface area contributed by atoms with E-state index >= 15 is 0 Å². The number of phenols is 1. The lowest BCUT2D eigenvalue weighted by molar-refractivity contribution is -0.142. The number of hydrogen-bond donors (Lipinski definition) is 1. The van der Waals surface area contributed by atoms with E-state index in [1.807, 2.05) is 36.4 Å². The topological polar surface area (TPSA) is 50.9 Å². The molecule has 7 heteroatoms. The highest BCUT2D eigenvalue weighted by Gasteiger charge is 2.36. The Bertz CT molecular complexity index is 1210. The first-order valence-electron chi connectivity index (χ1n) is 10.3. The molecule has 0 spiro atoms. The van der Waals surface area contributed by atoms with Crippen molar-refractivity contribution in [1.29, 1.82) is 0 Å². The van der Waals surface area contributed by atoms with Crippen molar-refractivity contribution in [2.24, 2.45) is 0 Å². The van der Waals surface area contributed by atoms with Gasteiger partial charge in [0.25, 0.3) is 0 Å². The summed E-state index contributed by atoms with van der Waals surface area (Å²) in [6.07, 6.45) is -2.65. The second-order valence-electron chi connectivity index (χ2n) is 7.49. The Morgan fingerprint density at radius 2 is 1.66 bits per heavy atom. The van der Waals surface area contributed by atoms with Crippen LogP contribution in [-0.2, 0) is 25.4 Å². The predicted octanol–water partition coefficient (Wildman–Crippen LogP) is 6.01. The van der Waals surface area contributed by atoms with E-state index in [0.717, 1.165) is 40.3 Å². The highest BCUT2D eigenvalue weighted by Crippen LogP contribution is 2.32. The molecule has 164 valence electrons. The Balaban J connectivity index is 1.68. The number of phenolic OH excluding ortho intramolecular Hbond substituents is 1. The molecular weight excluding hydrogens is 415 g/mol. The lowest BCUT2D eigenvalue weighted by Gasteiger charge is -2.13. The molecule has 4 aromatic rings. The summed E-state index contributed by atoms with van der Waals surface area (Å²) in [5, 5.41) is 13.6. The fourth-order valence-electron chi connectivity index (χ4n) is 3.60. The van der Waals surface area contributed by atoms with E-state index in [1.165, 1.54) is 6.07 Å². The molecule has 0 amide bonds. The fourth-order valence-corrected chi connectivity index (χ4v) is 3.60. The smallest absolute Gasteiger partial charge is 0.433 e. The van der Waals surface area contributed by atoms with Gasteiger partial charge in [-0.25, -0.2) is 9.67 Å². The van der Waals surface area contributed by atoms with Crippen LogP contribution in [0.5, 0.6) is 5.75 Å². The van der Waals surface area contributed by atoms with Gasteiger partial charge in [-0.05, 0) is 60.7 Å². The zero-order valence-corrected chi connectivity index (χ0v) is 17.5. The van der Waals surface area contributed by atoms with Crippen LogP contribution in [0.3, 0.4) is 0 Å². The molecule has 0 aliphatic carbocycles. The van der Waals surface area contributed by atoms with Crippen molar-refractivity contribution in [3.8, 4) is 22.8 Å². The van der Waals surface area contributed by atoms with Gasteiger partial charge in [-0.2, -0.15) is 18.3 Å². The van der Waals surface area contributed by atoms with Crippen molar-refractivity contribution in [2.45, 2.75) is 32.4 Å². The maximum atomic E-state index is 13.6. The maximum absolute atomic E-state index is 13.6. The van der Waals surface area contributed by atoms with Gasteiger partial charge in [0, 0.05) is 5.56 Å². The summed E-state index contributed by atoms with van der Waals surface area (Å²) < 4.78 is 41.5. The molecule has 0 saturated heterocycles. The number of benzene rings is 2. The summed E-state index contributed by atoms with van der Waals surface area (Å²) >= 11 is 0. The molecule has 0 aliphatic rings. The van der Waals surface area contributed by atoms with Gasteiger partial charge in [-0.1, -0.05) is 49.4 Å². The minimum Gasteiger partial charge on any atom is -0.508 e. The highest BCUT2D eigenvalue weighted by atomic mass is 19.4. The van der Waals surface area contributed by atoms with Crippen LogP contribution >= 0.6 is 0 Å². The number of halogens is 3. The average Bonchev–Trinajstić information content (AvgIpc) is 3.24. The van der Waals surface area contributed by atoms with Gasteiger partial charge in [-0.3, -0.25) is 0 Å². The molecule has 0 bridgehead atoms. The molecular formula is C25H22F3N3O. The van der Waals surface area contributed by atoms with Crippen LogP contribution in [0.25, 0.3) is 17.1 Å². The number of aromatic hydroxyl groups is 1. The monoisotopic (exact) mass is 437 g/mol. The molecule has 0 radical (unpaired) electrons. The van der Waals surface area contributed by atoms with E-state index in [4.69, 9.17) is 0 Å². The normalized spacial score (nSPS) is 11.6. The molecule has 32 heavy (non-hydrogen) atoms. The van der Waals surface area contributed by atoms with Crippen molar-refractivity contribution < 1.29 is 18.3 Å². The number of nitrogens with zero attached hydrogens (tertiary/aromatic N) is 3. The van der Waals surface area contributed by atoms with Crippen molar-refractivity contribution >= 4 is 0 Å². The summed E-state index contributed by atoms with van der Waals surface area (Å²) in [5.41, 5.74) is 3.10. The molecule has 0 fully saturated rings. The predicted molar refractivity (Wildman–Crippen MR) is 117 cm³/mol. The number of alkyl halides is 3. The Morgan fingerprint density at radius 3 is 2.38 bits per heavy atom. The molecule has 0 unspecified atom stereocenters. The Hall–Kier alpha value is -3.61.